The van der Waals surface area contributed by atoms with Gasteiger partial charge in [-0.3, -0.25) is 9.59 Å². The summed E-state index contributed by atoms with van der Waals surface area (Å²) in [5.74, 6) is -0.750. The average Bonchev–Trinajstić information content (AvgIpc) is 3.61. The van der Waals surface area contributed by atoms with Crippen molar-refractivity contribution in [3.8, 4) is 0 Å². The van der Waals surface area contributed by atoms with E-state index in [1.807, 2.05) is 11.9 Å². The van der Waals surface area contributed by atoms with E-state index >= 15 is 0 Å². The molecule has 0 radical (unpaired) electrons. The van der Waals surface area contributed by atoms with Crippen molar-refractivity contribution >= 4 is 34.4 Å². The first-order valence-electron chi connectivity index (χ1n) is 11.7. The first kappa shape index (κ1) is 23.5. The van der Waals surface area contributed by atoms with Crippen LogP contribution in [0.2, 0.25) is 5.02 Å². The highest BCUT2D eigenvalue weighted by molar-refractivity contribution is 6.38. The number of rotatable bonds is 3. The third-order valence-corrected chi connectivity index (χ3v) is 7.62. The summed E-state index contributed by atoms with van der Waals surface area (Å²) in [6.07, 6.45) is -1.92. The van der Waals surface area contributed by atoms with Crippen LogP contribution >= 0.6 is 11.6 Å². The molecular weight excluding hydrogens is 471 g/mol. The van der Waals surface area contributed by atoms with Crippen molar-refractivity contribution in [2.75, 3.05) is 46.3 Å². The molecule has 1 aromatic heterocycles. The first-order valence-corrected chi connectivity index (χ1v) is 12.1. The lowest BCUT2D eigenvalue weighted by atomic mass is 9.94. The molecule has 10 heteroatoms. The van der Waals surface area contributed by atoms with Gasteiger partial charge in [-0.05, 0) is 56.3 Å². The number of carbonyl (C=O) groups is 2. The summed E-state index contributed by atoms with van der Waals surface area (Å²) < 4.78 is 46.7. The minimum atomic E-state index is -4.62. The van der Waals surface area contributed by atoms with Gasteiger partial charge in [0.15, 0.2) is 0 Å². The maximum Gasteiger partial charge on any atom is 0.420 e. The summed E-state index contributed by atoms with van der Waals surface area (Å²) in [6.45, 7) is 3.75. The number of furan rings is 1. The van der Waals surface area contributed by atoms with Gasteiger partial charge in [0, 0.05) is 50.6 Å². The van der Waals surface area contributed by atoms with Gasteiger partial charge in [0.1, 0.15) is 5.58 Å². The van der Waals surface area contributed by atoms with Crippen LogP contribution in [0.5, 0.6) is 0 Å². The Bertz CT molecular complexity index is 1110. The summed E-state index contributed by atoms with van der Waals surface area (Å²) in [7, 11) is 2.03. The van der Waals surface area contributed by atoms with Crippen molar-refractivity contribution in [2.45, 2.75) is 37.8 Å². The van der Waals surface area contributed by atoms with E-state index in [-0.39, 0.29) is 33.9 Å². The predicted molar refractivity (Wildman–Crippen MR) is 121 cm³/mol. The molecule has 5 rings (SSSR count). The second kappa shape index (κ2) is 8.75. The monoisotopic (exact) mass is 497 g/mol. The van der Waals surface area contributed by atoms with Crippen molar-refractivity contribution < 1.29 is 27.2 Å². The lowest BCUT2D eigenvalue weighted by Crippen LogP contribution is -2.51. The number of alkyl halides is 3. The lowest BCUT2D eigenvalue weighted by molar-refractivity contribution is -0.138. The highest BCUT2D eigenvalue weighted by Gasteiger charge is 2.39. The molecule has 0 atom stereocenters. The van der Waals surface area contributed by atoms with E-state index in [0.29, 0.717) is 44.6 Å². The van der Waals surface area contributed by atoms with Crippen molar-refractivity contribution in [1.82, 2.24) is 14.7 Å². The summed E-state index contributed by atoms with van der Waals surface area (Å²) >= 11 is 6.41. The molecule has 6 nitrogen and oxygen atoms in total. The Morgan fingerprint density at radius 1 is 0.971 bits per heavy atom. The molecule has 0 unspecified atom stereocenters. The van der Waals surface area contributed by atoms with E-state index < -0.39 is 23.2 Å². The third-order valence-electron chi connectivity index (χ3n) is 7.25. The molecule has 3 fully saturated rings. The largest absolute Gasteiger partial charge is 0.449 e. The summed E-state index contributed by atoms with van der Waals surface area (Å²) in [6, 6.07) is 2.73. The normalized spacial score (nSPS) is 20.9. The van der Waals surface area contributed by atoms with Gasteiger partial charge in [0.2, 0.25) is 11.7 Å². The van der Waals surface area contributed by atoms with E-state index in [1.165, 1.54) is 4.90 Å². The highest BCUT2D eigenvalue weighted by atomic mass is 35.5. The SMILES string of the molecule is CN1CCN(C(=O)C2CCN(C(=O)c3oc4c(C(F)(F)F)cc(C5CC5)cc4c3Cl)CC2)CC1. The zero-order valence-electron chi connectivity index (χ0n) is 19.0. The topological polar surface area (TPSA) is 57.0 Å². The van der Waals surface area contributed by atoms with Crippen LogP contribution in [0.15, 0.2) is 16.5 Å². The zero-order valence-corrected chi connectivity index (χ0v) is 19.7. The lowest BCUT2D eigenvalue weighted by Gasteiger charge is -2.37. The Morgan fingerprint density at radius 3 is 2.21 bits per heavy atom. The number of hydrogen-bond acceptors (Lipinski definition) is 4. The molecule has 0 N–H and O–H groups in total. The standard InChI is InChI=1S/C24H27ClF3N3O3/c1-29-8-10-31(11-9-29)22(32)15-4-6-30(7-5-15)23(33)21-19(25)17-12-16(14-2-3-14)13-18(20(17)34-21)24(26,27)28/h12-15H,2-11H2,1H3. The number of nitrogens with zero attached hydrogens (tertiary/aromatic N) is 3. The average molecular weight is 498 g/mol. The van der Waals surface area contributed by atoms with Gasteiger partial charge in [-0.1, -0.05) is 11.6 Å². The van der Waals surface area contributed by atoms with E-state index in [1.54, 1.807) is 6.07 Å². The van der Waals surface area contributed by atoms with Crippen molar-refractivity contribution in [3.05, 3.63) is 34.0 Å². The number of likely N-dealkylation sites (N-methyl/N-ethyl adjacent to an activating group) is 1. The number of piperidine rings is 1. The summed E-state index contributed by atoms with van der Waals surface area (Å²) in [5.41, 5.74) is -0.723. The molecule has 1 saturated carbocycles. The quantitative estimate of drug-likeness (QED) is 0.621. The molecule has 184 valence electrons. The third kappa shape index (κ3) is 4.40. The van der Waals surface area contributed by atoms with Gasteiger partial charge < -0.3 is 19.1 Å². The summed E-state index contributed by atoms with van der Waals surface area (Å²) in [5, 5.41) is 0.0468. The molecule has 2 saturated heterocycles. The van der Waals surface area contributed by atoms with Crippen LogP contribution in [0.25, 0.3) is 11.0 Å². The van der Waals surface area contributed by atoms with Crippen LogP contribution in [0.3, 0.4) is 0 Å². The Balaban J connectivity index is 1.33. The number of hydrogen-bond donors (Lipinski definition) is 0. The maximum atomic E-state index is 13.7. The van der Waals surface area contributed by atoms with Gasteiger partial charge in [-0.2, -0.15) is 13.2 Å². The van der Waals surface area contributed by atoms with Crippen molar-refractivity contribution in [3.63, 3.8) is 0 Å². The Morgan fingerprint density at radius 2 is 1.62 bits per heavy atom. The Labute approximate surface area is 200 Å². The van der Waals surface area contributed by atoms with Gasteiger partial charge in [0.05, 0.1) is 10.6 Å². The Hall–Kier alpha value is -2.26. The van der Waals surface area contributed by atoms with Crippen molar-refractivity contribution in [2.24, 2.45) is 5.92 Å². The van der Waals surface area contributed by atoms with Crippen LogP contribution in [0.4, 0.5) is 13.2 Å². The number of piperazine rings is 1. The van der Waals surface area contributed by atoms with Crippen LogP contribution in [0.1, 0.15) is 53.3 Å². The summed E-state index contributed by atoms with van der Waals surface area (Å²) in [4.78, 5) is 31.6. The van der Waals surface area contributed by atoms with E-state index in [4.69, 9.17) is 16.0 Å². The second-order valence-electron chi connectivity index (χ2n) is 9.66. The van der Waals surface area contributed by atoms with Gasteiger partial charge >= 0.3 is 6.18 Å². The Kier molecular flexibility index (Phi) is 6.04. The molecule has 1 aromatic carbocycles. The molecule has 1 aliphatic carbocycles. The highest BCUT2D eigenvalue weighted by Crippen LogP contribution is 2.47. The molecule has 3 aliphatic rings. The van der Waals surface area contributed by atoms with Crippen LogP contribution in [-0.4, -0.2) is 72.8 Å². The maximum absolute atomic E-state index is 13.7. The second-order valence-corrected chi connectivity index (χ2v) is 10.0. The number of carbonyl (C=O) groups excluding carboxylic acids is 2. The molecular formula is C24H27ClF3N3O3. The zero-order chi connectivity index (χ0) is 24.2. The van der Waals surface area contributed by atoms with Crippen molar-refractivity contribution in [1.29, 1.82) is 0 Å². The smallest absolute Gasteiger partial charge is 0.420 e. The fourth-order valence-corrected chi connectivity index (χ4v) is 5.21. The molecule has 2 aliphatic heterocycles. The van der Waals surface area contributed by atoms with Gasteiger partial charge in [-0.25, -0.2) is 0 Å². The fraction of sp³-hybridized carbons (Fsp3) is 0.583. The molecule has 3 heterocycles. The molecule has 2 aromatic rings. The number of fused-ring (bicyclic) bond motifs is 1. The van der Waals surface area contributed by atoms with E-state index in [2.05, 4.69) is 4.90 Å². The number of halogens is 4. The van der Waals surface area contributed by atoms with Gasteiger partial charge in [0.25, 0.3) is 5.91 Å². The molecule has 34 heavy (non-hydrogen) atoms. The molecule has 0 spiro atoms. The van der Waals surface area contributed by atoms with Crippen LogP contribution in [-0.2, 0) is 11.0 Å². The minimum Gasteiger partial charge on any atom is -0.449 e. The first-order chi connectivity index (χ1) is 16.1. The predicted octanol–water partition coefficient (Wildman–Crippen LogP) is 4.61. The van der Waals surface area contributed by atoms with Gasteiger partial charge in [-0.15, -0.1) is 0 Å². The number of amides is 2. The number of benzene rings is 1. The molecule has 0 bridgehead atoms. The van der Waals surface area contributed by atoms with E-state index in [9.17, 15) is 22.8 Å². The van der Waals surface area contributed by atoms with Crippen LogP contribution in [0, 0.1) is 5.92 Å². The van der Waals surface area contributed by atoms with E-state index in [0.717, 1.165) is 32.0 Å². The fourth-order valence-electron chi connectivity index (χ4n) is 4.95. The molecule has 2 amide bonds. The van der Waals surface area contributed by atoms with Crippen LogP contribution < -0.4 is 0 Å². The minimum absolute atomic E-state index is 0.0800. The number of likely N-dealkylation sites (tertiary alicyclic amines) is 1.